The average molecular weight is 395 g/mol. The van der Waals surface area contributed by atoms with Crippen LogP contribution in [0.15, 0.2) is 42.5 Å². The first-order chi connectivity index (χ1) is 13.8. The van der Waals surface area contributed by atoms with Gasteiger partial charge in [0, 0.05) is 23.7 Å². The lowest BCUT2D eigenvalue weighted by Crippen LogP contribution is -2.39. The highest BCUT2D eigenvalue weighted by atomic mass is 16.5. The summed E-state index contributed by atoms with van der Waals surface area (Å²) in [6.45, 7) is 9.06. The van der Waals surface area contributed by atoms with E-state index in [0.29, 0.717) is 17.9 Å². The van der Waals surface area contributed by atoms with Gasteiger partial charge in [-0.2, -0.15) is 0 Å². The second kappa shape index (κ2) is 9.12. The SMILES string of the molecule is Cc1ccc(C)c(C(=O)N2CCC[C@@H]2COc2ccc(C(=O)NC(C)C)cc2)c1. The third kappa shape index (κ3) is 5.17. The molecule has 0 spiro atoms. The lowest BCUT2D eigenvalue weighted by molar-refractivity contribution is 0.0690. The second-order valence-electron chi connectivity index (χ2n) is 8.08. The van der Waals surface area contributed by atoms with Crippen LogP contribution >= 0.6 is 0 Å². The molecule has 2 aromatic rings. The number of rotatable bonds is 6. The van der Waals surface area contributed by atoms with Gasteiger partial charge in [0.2, 0.25) is 0 Å². The quantitative estimate of drug-likeness (QED) is 0.802. The first-order valence-corrected chi connectivity index (χ1v) is 10.3. The third-order valence-electron chi connectivity index (χ3n) is 5.24. The number of nitrogens with one attached hydrogen (secondary N) is 1. The second-order valence-corrected chi connectivity index (χ2v) is 8.08. The summed E-state index contributed by atoms with van der Waals surface area (Å²) in [7, 11) is 0. The van der Waals surface area contributed by atoms with Gasteiger partial charge >= 0.3 is 0 Å². The molecule has 154 valence electrons. The van der Waals surface area contributed by atoms with Crippen LogP contribution in [0.2, 0.25) is 0 Å². The van der Waals surface area contributed by atoms with Crippen molar-refractivity contribution in [3.63, 3.8) is 0 Å². The van der Waals surface area contributed by atoms with E-state index in [1.54, 1.807) is 24.3 Å². The number of ether oxygens (including phenoxy) is 1. The van der Waals surface area contributed by atoms with Crippen molar-refractivity contribution in [1.29, 1.82) is 0 Å². The molecule has 0 saturated carbocycles. The molecule has 0 aliphatic carbocycles. The maximum atomic E-state index is 13.1. The summed E-state index contributed by atoms with van der Waals surface area (Å²) in [6.07, 6.45) is 1.92. The summed E-state index contributed by atoms with van der Waals surface area (Å²) in [5, 5.41) is 2.87. The number of hydrogen-bond donors (Lipinski definition) is 1. The Labute approximate surface area is 173 Å². The zero-order valence-electron chi connectivity index (χ0n) is 17.7. The topological polar surface area (TPSA) is 58.6 Å². The van der Waals surface area contributed by atoms with E-state index in [1.807, 2.05) is 50.8 Å². The summed E-state index contributed by atoms with van der Waals surface area (Å²) in [4.78, 5) is 27.1. The summed E-state index contributed by atoms with van der Waals surface area (Å²) in [5.74, 6) is 0.697. The van der Waals surface area contributed by atoms with Gasteiger partial charge in [0.1, 0.15) is 12.4 Å². The molecular weight excluding hydrogens is 364 g/mol. The van der Waals surface area contributed by atoms with Gasteiger partial charge < -0.3 is 15.0 Å². The molecule has 2 aromatic carbocycles. The Morgan fingerprint density at radius 3 is 2.55 bits per heavy atom. The van der Waals surface area contributed by atoms with E-state index in [0.717, 1.165) is 36.1 Å². The van der Waals surface area contributed by atoms with Gasteiger partial charge in [0.05, 0.1) is 6.04 Å². The largest absolute Gasteiger partial charge is 0.491 e. The zero-order valence-corrected chi connectivity index (χ0v) is 17.7. The predicted molar refractivity (Wildman–Crippen MR) is 115 cm³/mol. The molecule has 0 bridgehead atoms. The number of carbonyl (C=O) groups excluding carboxylic acids is 2. The molecule has 1 fully saturated rings. The van der Waals surface area contributed by atoms with Gasteiger partial charge in [-0.3, -0.25) is 9.59 Å². The monoisotopic (exact) mass is 394 g/mol. The van der Waals surface area contributed by atoms with E-state index in [2.05, 4.69) is 5.32 Å². The Hall–Kier alpha value is -2.82. The van der Waals surface area contributed by atoms with Crippen molar-refractivity contribution < 1.29 is 14.3 Å². The van der Waals surface area contributed by atoms with E-state index in [4.69, 9.17) is 4.74 Å². The molecule has 0 radical (unpaired) electrons. The van der Waals surface area contributed by atoms with Crippen LogP contribution < -0.4 is 10.1 Å². The number of amides is 2. The van der Waals surface area contributed by atoms with Gasteiger partial charge in [0.15, 0.2) is 0 Å². The number of nitrogens with zero attached hydrogens (tertiary/aromatic N) is 1. The predicted octanol–water partition coefficient (Wildman–Crippen LogP) is 4.13. The molecule has 1 aliphatic rings. The van der Waals surface area contributed by atoms with Crippen molar-refractivity contribution in [3.8, 4) is 5.75 Å². The van der Waals surface area contributed by atoms with Crippen LogP contribution in [0.4, 0.5) is 0 Å². The number of likely N-dealkylation sites (tertiary alicyclic amines) is 1. The molecule has 1 heterocycles. The van der Waals surface area contributed by atoms with Crippen LogP contribution in [-0.4, -0.2) is 41.9 Å². The van der Waals surface area contributed by atoms with Crippen LogP contribution in [0.1, 0.15) is 58.5 Å². The minimum Gasteiger partial charge on any atom is -0.491 e. The van der Waals surface area contributed by atoms with Crippen molar-refractivity contribution in [2.75, 3.05) is 13.2 Å². The lowest BCUT2D eigenvalue weighted by atomic mass is 10.0. The Morgan fingerprint density at radius 1 is 1.14 bits per heavy atom. The van der Waals surface area contributed by atoms with Crippen LogP contribution in [-0.2, 0) is 0 Å². The average Bonchev–Trinajstić information content (AvgIpc) is 3.16. The van der Waals surface area contributed by atoms with Crippen LogP contribution in [0, 0.1) is 13.8 Å². The van der Waals surface area contributed by atoms with E-state index < -0.39 is 0 Å². The number of carbonyl (C=O) groups is 2. The van der Waals surface area contributed by atoms with Gasteiger partial charge in [-0.15, -0.1) is 0 Å². The summed E-state index contributed by atoms with van der Waals surface area (Å²) in [5.41, 5.74) is 3.48. The standard InChI is InChI=1S/C24H30N2O3/c1-16(2)25-23(27)19-9-11-21(12-10-19)29-15-20-6-5-13-26(20)24(28)22-14-17(3)7-8-18(22)4/h7-12,14,16,20H,5-6,13,15H2,1-4H3,(H,25,27)/t20-/m1/s1. The van der Waals surface area contributed by atoms with Crippen molar-refractivity contribution >= 4 is 11.8 Å². The fraction of sp³-hybridized carbons (Fsp3) is 0.417. The Balaban J connectivity index is 1.62. The zero-order chi connectivity index (χ0) is 21.0. The molecule has 1 N–H and O–H groups in total. The van der Waals surface area contributed by atoms with E-state index in [1.165, 1.54) is 0 Å². The fourth-order valence-electron chi connectivity index (χ4n) is 3.64. The highest BCUT2D eigenvalue weighted by molar-refractivity contribution is 5.96. The highest BCUT2D eigenvalue weighted by Gasteiger charge is 2.30. The molecule has 3 rings (SSSR count). The third-order valence-corrected chi connectivity index (χ3v) is 5.24. The highest BCUT2D eigenvalue weighted by Crippen LogP contribution is 2.23. The molecule has 5 nitrogen and oxygen atoms in total. The molecule has 1 saturated heterocycles. The van der Waals surface area contributed by atoms with E-state index >= 15 is 0 Å². The fourth-order valence-corrected chi connectivity index (χ4v) is 3.64. The van der Waals surface area contributed by atoms with Gasteiger partial charge in [0.25, 0.3) is 11.8 Å². The normalized spacial score (nSPS) is 16.2. The molecule has 1 atom stereocenters. The molecule has 29 heavy (non-hydrogen) atoms. The molecule has 5 heteroatoms. The lowest BCUT2D eigenvalue weighted by Gasteiger charge is -2.25. The van der Waals surface area contributed by atoms with E-state index in [9.17, 15) is 9.59 Å². The molecule has 1 aliphatic heterocycles. The molecule has 2 amide bonds. The first kappa shape index (κ1) is 20.9. The van der Waals surface area contributed by atoms with Gasteiger partial charge in [-0.05, 0) is 76.4 Å². The molecular formula is C24H30N2O3. The summed E-state index contributed by atoms with van der Waals surface area (Å²) < 4.78 is 5.95. The summed E-state index contributed by atoms with van der Waals surface area (Å²) >= 11 is 0. The first-order valence-electron chi connectivity index (χ1n) is 10.3. The Kier molecular flexibility index (Phi) is 6.57. The Bertz CT molecular complexity index is 874. The number of aryl methyl sites for hydroxylation is 2. The smallest absolute Gasteiger partial charge is 0.254 e. The van der Waals surface area contributed by atoms with Crippen LogP contribution in [0.5, 0.6) is 5.75 Å². The minimum atomic E-state index is -0.0901. The van der Waals surface area contributed by atoms with E-state index in [-0.39, 0.29) is 23.9 Å². The van der Waals surface area contributed by atoms with Crippen LogP contribution in [0.3, 0.4) is 0 Å². The summed E-state index contributed by atoms with van der Waals surface area (Å²) in [6, 6.07) is 13.3. The van der Waals surface area contributed by atoms with Crippen molar-refractivity contribution in [2.24, 2.45) is 0 Å². The van der Waals surface area contributed by atoms with Crippen molar-refractivity contribution in [1.82, 2.24) is 10.2 Å². The van der Waals surface area contributed by atoms with Gasteiger partial charge in [-0.1, -0.05) is 17.7 Å². The maximum Gasteiger partial charge on any atom is 0.254 e. The van der Waals surface area contributed by atoms with Crippen LogP contribution in [0.25, 0.3) is 0 Å². The molecule has 0 unspecified atom stereocenters. The number of hydrogen-bond acceptors (Lipinski definition) is 3. The van der Waals surface area contributed by atoms with Crippen molar-refractivity contribution in [3.05, 3.63) is 64.7 Å². The number of benzene rings is 2. The minimum absolute atomic E-state index is 0.0614. The molecule has 0 aromatic heterocycles. The Morgan fingerprint density at radius 2 is 1.86 bits per heavy atom. The van der Waals surface area contributed by atoms with Gasteiger partial charge in [-0.25, -0.2) is 0 Å². The maximum absolute atomic E-state index is 13.1. The van der Waals surface area contributed by atoms with Crippen molar-refractivity contribution in [2.45, 2.75) is 52.6 Å².